The lowest BCUT2D eigenvalue weighted by Gasteiger charge is -2.44. The molecule has 0 amide bonds. The van der Waals surface area contributed by atoms with Gasteiger partial charge >= 0.3 is 5.97 Å². The fraction of sp³-hybridized carbons (Fsp3) is 0.462. The number of rotatable bonds is 8. The van der Waals surface area contributed by atoms with Crippen LogP contribution >= 0.6 is 0 Å². The molecule has 1 heterocycles. The van der Waals surface area contributed by atoms with Gasteiger partial charge in [-0.05, 0) is 29.3 Å². The fourth-order valence-electron chi connectivity index (χ4n) is 4.59. The summed E-state index contributed by atoms with van der Waals surface area (Å²) in [6, 6.07) is 20.4. The van der Waals surface area contributed by atoms with E-state index in [1.807, 2.05) is 36.4 Å². The molecule has 33 heavy (non-hydrogen) atoms. The van der Waals surface area contributed by atoms with E-state index in [2.05, 4.69) is 45.0 Å². The SMILES string of the molecule is CC(=O)O[C@H](CO[Si](c1ccccc1)(c1ccccc1)C(C)(C)C)[C@H]1OC(C)(C)O[C@@H]1C=O. The molecule has 3 rings (SSSR count). The Morgan fingerprint density at radius 1 is 1.03 bits per heavy atom. The second-order valence-corrected chi connectivity index (χ2v) is 14.1. The van der Waals surface area contributed by atoms with Gasteiger partial charge < -0.3 is 23.4 Å². The smallest absolute Gasteiger partial charge is 0.303 e. The number of esters is 1. The Balaban J connectivity index is 2.04. The lowest BCUT2D eigenvalue weighted by atomic mass is 10.1. The van der Waals surface area contributed by atoms with Gasteiger partial charge in [-0.15, -0.1) is 0 Å². The molecule has 0 radical (unpaired) electrons. The summed E-state index contributed by atoms with van der Waals surface area (Å²) in [5, 5.41) is 1.98. The Morgan fingerprint density at radius 2 is 1.55 bits per heavy atom. The zero-order valence-corrected chi connectivity index (χ0v) is 21.2. The van der Waals surface area contributed by atoms with Crippen LogP contribution in [0.15, 0.2) is 60.7 Å². The minimum absolute atomic E-state index is 0.0707. The Morgan fingerprint density at radius 3 is 1.97 bits per heavy atom. The second-order valence-electron chi connectivity index (χ2n) is 9.82. The zero-order chi connectivity index (χ0) is 24.3. The van der Waals surface area contributed by atoms with Crippen LogP contribution in [0.25, 0.3) is 0 Å². The van der Waals surface area contributed by atoms with E-state index in [4.69, 9.17) is 18.6 Å². The maximum atomic E-state index is 12.0. The first-order chi connectivity index (χ1) is 15.5. The summed E-state index contributed by atoms with van der Waals surface area (Å²) in [4.78, 5) is 23.7. The van der Waals surface area contributed by atoms with Crippen LogP contribution in [0, 0.1) is 0 Å². The summed E-state index contributed by atoms with van der Waals surface area (Å²) < 4.78 is 24.2. The second kappa shape index (κ2) is 9.89. The van der Waals surface area contributed by atoms with Crippen molar-refractivity contribution in [1.82, 2.24) is 0 Å². The van der Waals surface area contributed by atoms with Gasteiger partial charge in [-0.2, -0.15) is 0 Å². The molecule has 0 N–H and O–H groups in total. The van der Waals surface area contributed by atoms with Crippen molar-refractivity contribution in [3.8, 4) is 0 Å². The van der Waals surface area contributed by atoms with Gasteiger partial charge in [0.15, 0.2) is 18.2 Å². The van der Waals surface area contributed by atoms with Crippen molar-refractivity contribution < 1.29 is 28.2 Å². The number of ether oxygens (including phenoxy) is 3. The molecular weight excluding hydrogens is 436 g/mol. The molecule has 7 heteroatoms. The number of carbonyl (C=O) groups is 2. The molecule has 3 atom stereocenters. The van der Waals surface area contributed by atoms with E-state index in [-0.39, 0.29) is 11.6 Å². The molecule has 0 spiro atoms. The summed E-state index contributed by atoms with van der Waals surface area (Å²) in [5.74, 6) is -1.43. The predicted octanol–water partition coefficient (Wildman–Crippen LogP) is 3.21. The quantitative estimate of drug-likeness (QED) is 0.335. The van der Waals surface area contributed by atoms with Gasteiger partial charge in [-0.3, -0.25) is 4.79 Å². The number of hydrogen-bond donors (Lipinski definition) is 0. The Hall–Kier alpha value is -2.32. The maximum Gasteiger partial charge on any atom is 0.303 e. The molecule has 1 aliphatic rings. The minimum atomic E-state index is -2.86. The minimum Gasteiger partial charge on any atom is -0.457 e. The monoisotopic (exact) mass is 470 g/mol. The highest BCUT2D eigenvalue weighted by Crippen LogP contribution is 2.38. The van der Waals surface area contributed by atoms with Crippen LogP contribution < -0.4 is 10.4 Å². The average molecular weight is 471 g/mol. The van der Waals surface area contributed by atoms with E-state index in [1.54, 1.807) is 13.8 Å². The highest BCUT2D eigenvalue weighted by molar-refractivity contribution is 6.99. The van der Waals surface area contributed by atoms with Gasteiger partial charge in [0.2, 0.25) is 0 Å². The van der Waals surface area contributed by atoms with Gasteiger partial charge in [0, 0.05) is 6.92 Å². The molecule has 0 aliphatic carbocycles. The molecule has 6 nitrogen and oxygen atoms in total. The molecule has 0 saturated carbocycles. The third kappa shape index (κ3) is 5.43. The van der Waals surface area contributed by atoms with Crippen LogP contribution in [0.5, 0.6) is 0 Å². The Bertz CT molecular complexity index is 899. The number of aldehydes is 1. The first kappa shape index (κ1) is 25.3. The van der Waals surface area contributed by atoms with Crippen molar-refractivity contribution in [3.63, 3.8) is 0 Å². The van der Waals surface area contributed by atoms with Gasteiger partial charge in [0.05, 0.1) is 6.61 Å². The van der Waals surface area contributed by atoms with Crippen molar-refractivity contribution in [2.45, 2.75) is 70.7 Å². The van der Waals surface area contributed by atoms with Crippen molar-refractivity contribution in [3.05, 3.63) is 60.7 Å². The highest BCUT2D eigenvalue weighted by Gasteiger charge is 2.52. The summed E-state index contributed by atoms with van der Waals surface area (Å²) in [6.45, 7) is 11.4. The van der Waals surface area contributed by atoms with Crippen LogP contribution in [-0.2, 0) is 28.2 Å². The Labute approximate surface area is 197 Å². The van der Waals surface area contributed by atoms with Gasteiger partial charge in [0.25, 0.3) is 8.32 Å². The van der Waals surface area contributed by atoms with Gasteiger partial charge in [0.1, 0.15) is 12.2 Å². The predicted molar refractivity (Wildman–Crippen MR) is 129 cm³/mol. The van der Waals surface area contributed by atoms with Crippen LogP contribution in [0.2, 0.25) is 5.04 Å². The van der Waals surface area contributed by atoms with Crippen molar-refractivity contribution in [2.24, 2.45) is 0 Å². The molecule has 1 saturated heterocycles. The third-order valence-electron chi connectivity index (χ3n) is 5.86. The fourth-order valence-corrected chi connectivity index (χ4v) is 9.16. The summed E-state index contributed by atoms with van der Waals surface area (Å²) in [7, 11) is -2.86. The standard InChI is InChI=1S/C26H34O6Si/c1-19(28)30-23(24-22(17-27)31-26(5,6)32-24)18-29-33(25(2,3)4,20-13-9-7-10-14-20)21-15-11-8-12-16-21/h7-17,22-24H,18H2,1-6H3/t22-,23-,24+/m1/s1. The van der Waals surface area contributed by atoms with E-state index in [0.717, 1.165) is 10.4 Å². The molecule has 0 aromatic heterocycles. The number of hydrogen-bond acceptors (Lipinski definition) is 6. The molecule has 0 bridgehead atoms. The maximum absolute atomic E-state index is 12.0. The van der Waals surface area contributed by atoms with Crippen LogP contribution in [0.3, 0.4) is 0 Å². The molecule has 1 aliphatic heterocycles. The first-order valence-electron chi connectivity index (χ1n) is 11.2. The molecule has 0 unspecified atom stereocenters. The summed E-state index contributed by atoms with van der Waals surface area (Å²) in [5.41, 5.74) is 0. The van der Waals surface area contributed by atoms with Crippen molar-refractivity contribution in [2.75, 3.05) is 6.61 Å². The Kier molecular flexibility index (Phi) is 7.58. The summed E-state index contributed by atoms with van der Waals surface area (Å²) in [6.07, 6.45) is -1.73. The van der Waals surface area contributed by atoms with E-state index < -0.39 is 38.4 Å². The lowest BCUT2D eigenvalue weighted by molar-refractivity contribution is -0.172. The van der Waals surface area contributed by atoms with Crippen LogP contribution in [0.4, 0.5) is 0 Å². The van der Waals surface area contributed by atoms with E-state index in [9.17, 15) is 9.59 Å². The van der Waals surface area contributed by atoms with Crippen molar-refractivity contribution >= 4 is 30.9 Å². The van der Waals surface area contributed by atoms with E-state index in [0.29, 0.717) is 6.29 Å². The zero-order valence-electron chi connectivity index (χ0n) is 20.2. The molecular formula is C26H34O6Si. The molecule has 1 fully saturated rings. The van der Waals surface area contributed by atoms with E-state index >= 15 is 0 Å². The molecule has 178 valence electrons. The molecule has 2 aromatic carbocycles. The first-order valence-corrected chi connectivity index (χ1v) is 13.1. The van der Waals surface area contributed by atoms with Crippen molar-refractivity contribution in [1.29, 1.82) is 0 Å². The number of carbonyl (C=O) groups excluding carboxylic acids is 2. The van der Waals surface area contributed by atoms with Crippen LogP contribution in [0.1, 0.15) is 41.5 Å². The van der Waals surface area contributed by atoms with Crippen LogP contribution in [-0.4, -0.2) is 51.3 Å². The number of benzene rings is 2. The van der Waals surface area contributed by atoms with E-state index in [1.165, 1.54) is 6.92 Å². The summed E-state index contributed by atoms with van der Waals surface area (Å²) >= 11 is 0. The third-order valence-corrected chi connectivity index (χ3v) is 10.9. The highest BCUT2D eigenvalue weighted by atomic mass is 28.4. The largest absolute Gasteiger partial charge is 0.457 e. The lowest BCUT2D eigenvalue weighted by Crippen LogP contribution is -2.67. The van der Waals surface area contributed by atoms with Gasteiger partial charge in [-0.25, -0.2) is 0 Å². The van der Waals surface area contributed by atoms with Gasteiger partial charge in [-0.1, -0.05) is 81.4 Å². The molecule has 2 aromatic rings. The topological polar surface area (TPSA) is 71.1 Å². The average Bonchev–Trinajstić information content (AvgIpc) is 3.08. The normalized spacial score (nSPS) is 21.4.